The van der Waals surface area contributed by atoms with Crippen LogP contribution in [-0.2, 0) is 9.53 Å². The largest absolute Gasteiger partial charge is 0.504 e. The minimum atomic E-state index is -0.754. The Bertz CT molecular complexity index is 751. The first-order valence-corrected chi connectivity index (χ1v) is 7.43. The molecule has 0 heterocycles. The van der Waals surface area contributed by atoms with Crippen molar-refractivity contribution in [3.8, 4) is 17.6 Å². The fraction of sp³-hybridized carbons (Fsp3) is 0.222. The highest BCUT2D eigenvalue weighted by atomic mass is 16.6. The monoisotopic (exact) mass is 326 g/mol. The molecule has 0 bridgehead atoms. The molecular weight excluding hydrogens is 308 g/mol. The molecule has 0 radical (unpaired) electrons. The van der Waals surface area contributed by atoms with Crippen LogP contribution < -0.4 is 10.1 Å². The Labute approximate surface area is 140 Å². The highest BCUT2D eigenvalue weighted by molar-refractivity contribution is 5.67. The van der Waals surface area contributed by atoms with Crippen LogP contribution in [0.4, 0.5) is 5.69 Å². The predicted molar refractivity (Wildman–Crippen MR) is 88.6 cm³/mol. The average Bonchev–Trinajstić information content (AvgIpc) is 2.57. The van der Waals surface area contributed by atoms with Crippen molar-refractivity contribution in [2.24, 2.45) is 0 Å². The summed E-state index contributed by atoms with van der Waals surface area (Å²) in [7, 11) is 0. The van der Waals surface area contributed by atoms with Crippen LogP contribution in [0.5, 0.6) is 11.5 Å². The molecule has 0 saturated carbocycles. The first-order valence-electron chi connectivity index (χ1n) is 7.43. The van der Waals surface area contributed by atoms with E-state index in [1.807, 2.05) is 13.0 Å². The van der Waals surface area contributed by atoms with Crippen molar-refractivity contribution >= 4 is 11.7 Å². The summed E-state index contributed by atoms with van der Waals surface area (Å²) in [6.07, 6.45) is -0.754. The van der Waals surface area contributed by atoms with Crippen molar-refractivity contribution in [3.05, 3.63) is 53.6 Å². The van der Waals surface area contributed by atoms with Crippen LogP contribution in [0.2, 0.25) is 0 Å². The van der Waals surface area contributed by atoms with E-state index in [2.05, 4.69) is 5.32 Å². The van der Waals surface area contributed by atoms with Crippen LogP contribution in [0.1, 0.15) is 31.2 Å². The first kappa shape index (κ1) is 17.2. The third-order valence-electron chi connectivity index (χ3n) is 3.18. The zero-order valence-electron chi connectivity index (χ0n) is 13.4. The van der Waals surface area contributed by atoms with Crippen molar-refractivity contribution in [2.75, 3.05) is 11.9 Å². The molecule has 2 rings (SSSR count). The lowest BCUT2D eigenvalue weighted by molar-refractivity contribution is -0.145. The maximum Gasteiger partial charge on any atom is 0.304 e. The summed E-state index contributed by atoms with van der Waals surface area (Å²) in [5.74, 6) is -0.124. The summed E-state index contributed by atoms with van der Waals surface area (Å²) in [5, 5.41) is 21.7. The first-order chi connectivity index (χ1) is 11.5. The number of benzene rings is 2. The molecule has 0 aliphatic heterocycles. The predicted octanol–water partition coefficient (Wildman–Crippen LogP) is 3.34. The molecule has 0 fully saturated rings. The maximum atomic E-state index is 11.4. The van der Waals surface area contributed by atoms with Gasteiger partial charge >= 0.3 is 5.97 Å². The van der Waals surface area contributed by atoms with E-state index >= 15 is 0 Å². The second kappa shape index (κ2) is 7.88. The van der Waals surface area contributed by atoms with E-state index < -0.39 is 12.2 Å². The normalized spacial score (nSPS) is 11.2. The highest BCUT2D eigenvalue weighted by Gasteiger charge is 2.17. The number of hydrogen-bond donors (Lipinski definition) is 2. The average molecular weight is 326 g/mol. The van der Waals surface area contributed by atoms with Gasteiger partial charge in [0, 0.05) is 18.2 Å². The van der Waals surface area contributed by atoms with Gasteiger partial charge in [-0.15, -0.1) is 0 Å². The lowest BCUT2D eigenvalue weighted by atomic mass is 10.1. The molecule has 0 aliphatic carbocycles. The quantitative estimate of drug-likeness (QED) is 0.625. The number of phenolic OH excluding ortho intramolecular Hbond substituents is 1. The zero-order chi connectivity index (χ0) is 17.5. The molecule has 24 heavy (non-hydrogen) atoms. The highest BCUT2D eigenvalue weighted by Crippen LogP contribution is 2.31. The molecule has 2 aromatic rings. The van der Waals surface area contributed by atoms with Crippen LogP contribution in [0, 0.1) is 11.3 Å². The van der Waals surface area contributed by atoms with E-state index in [0.29, 0.717) is 29.2 Å². The van der Waals surface area contributed by atoms with Gasteiger partial charge in [0.1, 0.15) is 0 Å². The number of aromatic hydroxyl groups is 1. The maximum absolute atomic E-state index is 11.4. The lowest BCUT2D eigenvalue weighted by Crippen LogP contribution is -2.17. The number of carbonyl (C=O) groups is 1. The van der Waals surface area contributed by atoms with Crippen molar-refractivity contribution in [3.63, 3.8) is 0 Å². The van der Waals surface area contributed by atoms with Gasteiger partial charge in [-0.25, -0.2) is 0 Å². The Kier molecular flexibility index (Phi) is 5.63. The van der Waals surface area contributed by atoms with E-state index in [-0.39, 0.29) is 5.75 Å². The van der Waals surface area contributed by atoms with Gasteiger partial charge in [-0.3, -0.25) is 4.79 Å². The zero-order valence-corrected chi connectivity index (χ0v) is 13.4. The molecule has 0 saturated heterocycles. The van der Waals surface area contributed by atoms with Crippen molar-refractivity contribution in [2.45, 2.75) is 20.1 Å². The van der Waals surface area contributed by atoms with Gasteiger partial charge in [-0.1, -0.05) is 0 Å². The summed E-state index contributed by atoms with van der Waals surface area (Å²) < 4.78 is 10.7. The van der Waals surface area contributed by atoms with E-state index in [9.17, 15) is 9.90 Å². The molecule has 1 unspecified atom stereocenters. The van der Waals surface area contributed by atoms with Gasteiger partial charge in [0.15, 0.2) is 17.7 Å². The van der Waals surface area contributed by atoms with E-state index in [4.69, 9.17) is 14.7 Å². The Balaban J connectivity index is 2.28. The molecule has 0 spiro atoms. The smallest absolute Gasteiger partial charge is 0.304 e. The van der Waals surface area contributed by atoms with Crippen LogP contribution in [0.15, 0.2) is 42.5 Å². The van der Waals surface area contributed by atoms with Gasteiger partial charge in [0.25, 0.3) is 0 Å². The van der Waals surface area contributed by atoms with Crippen LogP contribution >= 0.6 is 0 Å². The number of nitriles is 1. The van der Waals surface area contributed by atoms with Gasteiger partial charge in [0.2, 0.25) is 0 Å². The minimum Gasteiger partial charge on any atom is -0.504 e. The Morgan fingerprint density at radius 1 is 1.29 bits per heavy atom. The SMILES string of the molecule is CCOc1cc(C(Nc2ccc(C#N)cc2)OC(C)=O)ccc1O. The number of hydrogen-bond acceptors (Lipinski definition) is 6. The summed E-state index contributed by atoms with van der Waals surface area (Å²) >= 11 is 0. The molecule has 124 valence electrons. The molecule has 1 atom stereocenters. The summed E-state index contributed by atoms with van der Waals surface area (Å²) in [6.45, 7) is 3.53. The number of carbonyl (C=O) groups excluding carboxylic acids is 1. The number of rotatable bonds is 6. The van der Waals surface area contributed by atoms with E-state index in [0.717, 1.165) is 0 Å². The molecule has 0 aliphatic rings. The molecule has 2 aromatic carbocycles. The topological polar surface area (TPSA) is 91.6 Å². The second-order valence-corrected chi connectivity index (χ2v) is 4.98. The van der Waals surface area contributed by atoms with Gasteiger partial charge in [-0.05, 0) is 49.4 Å². The number of nitrogens with zero attached hydrogens (tertiary/aromatic N) is 1. The van der Waals surface area contributed by atoms with Crippen LogP contribution in [-0.4, -0.2) is 17.7 Å². The number of ether oxygens (including phenoxy) is 2. The summed E-state index contributed by atoms with van der Waals surface area (Å²) in [6, 6.07) is 13.5. The van der Waals surface area contributed by atoms with Gasteiger partial charge in [-0.2, -0.15) is 5.26 Å². The van der Waals surface area contributed by atoms with Crippen molar-refractivity contribution in [1.29, 1.82) is 5.26 Å². The molecular formula is C18H18N2O4. The molecule has 0 aromatic heterocycles. The fourth-order valence-electron chi connectivity index (χ4n) is 2.10. The number of anilines is 1. The van der Waals surface area contributed by atoms with E-state index in [1.54, 1.807) is 36.4 Å². The minimum absolute atomic E-state index is 0.0144. The fourth-order valence-corrected chi connectivity index (χ4v) is 2.10. The Morgan fingerprint density at radius 3 is 2.58 bits per heavy atom. The van der Waals surface area contributed by atoms with Crippen molar-refractivity contribution in [1.82, 2.24) is 0 Å². The van der Waals surface area contributed by atoms with Gasteiger partial charge < -0.3 is 19.9 Å². The summed E-state index contributed by atoms with van der Waals surface area (Å²) in [4.78, 5) is 11.4. The van der Waals surface area contributed by atoms with Gasteiger partial charge in [0.05, 0.1) is 18.2 Å². The third kappa shape index (κ3) is 4.40. The number of esters is 1. The van der Waals surface area contributed by atoms with E-state index in [1.165, 1.54) is 13.0 Å². The molecule has 6 heteroatoms. The molecule has 2 N–H and O–H groups in total. The second-order valence-electron chi connectivity index (χ2n) is 4.98. The Hall–Kier alpha value is -3.20. The molecule has 6 nitrogen and oxygen atoms in total. The Morgan fingerprint density at radius 2 is 2.00 bits per heavy atom. The molecule has 0 amide bonds. The van der Waals surface area contributed by atoms with Crippen LogP contribution in [0.3, 0.4) is 0 Å². The number of phenols is 1. The lowest BCUT2D eigenvalue weighted by Gasteiger charge is -2.21. The standard InChI is InChI=1S/C18H18N2O4/c1-3-23-17-10-14(6-9-16(17)22)18(24-12(2)21)20-15-7-4-13(11-19)5-8-15/h4-10,18,20,22H,3H2,1-2H3. The summed E-state index contributed by atoms with van der Waals surface area (Å²) in [5.41, 5.74) is 1.84. The number of nitrogens with one attached hydrogen (secondary N) is 1. The van der Waals surface area contributed by atoms with Crippen molar-refractivity contribution < 1.29 is 19.4 Å². The van der Waals surface area contributed by atoms with Crippen LogP contribution in [0.25, 0.3) is 0 Å². The third-order valence-corrected chi connectivity index (χ3v) is 3.18.